The molecule has 1 saturated carbocycles. The van der Waals surface area contributed by atoms with Gasteiger partial charge >= 0.3 is 0 Å². The molecule has 1 unspecified atom stereocenters. The predicted octanol–water partition coefficient (Wildman–Crippen LogP) is 3.27. The van der Waals surface area contributed by atoms with E-state index in [1.807, 2.05) is 36.0 Å². The van der Waals surface area contributed by atoms with Crippen molar-refractivity contribution >= 4 is 11.7 Å². The number of nitrogens with zero attached hydrogens (tertiary/aromatic N) is 4. The third kappa shape index (κ3) is 5.32. The number of anilines is 1. The summed E-state index contributed by atoms with van der Waals surface area (Å²) < 4.78 is 5.98. The fourth-order valence-electron chi connectivity index (χ4n) is 4.01. The molecule has 0 radical (unpaired) electrons. The Hall–Kier alpha value is -1.85. The quantitative estimate of drug-likeness (QED) is 0.779. The molecule has 1 aliphatic carbocycles. The van der Waals surface area contributed by atoms with Gasteiger partial charge in [0.05, 0.1) is 6.54 Å². The molecule has 1 aromatic heterocycles. The third-order valence-corrected chi connectivity index (χ3v) is 5.59. The van der Waals surface area contributed by atoms with Crippen LogP contribution in [0.4, 0.5) is 5.82 Å². The van der Waals surface area contributed by atoms with Gasteiger partial charge in [-0.05, 0) is 31.2 Å². The molecule has 6 nitrogen and oxygen atoms in total. The normalized spacial score (nSPS) is 21.5. The molecule has 0 spiro atoms. The summed E-state index contributed by atoms with van der Waals surface area (Å²) in [7, 11) is 3.87. The minimum Gasteiger partial charge on any atom is -0.471 e. The van der Waals surface area contributed by atoms with Crippen LogP contribution in [0, 0.1) is 5.92 Å². The van der Waals surface area contributed by atoms with E-state index in [4.69, 9.17) is 4.74 Å². The van der Waals surface area contributed by atoms with Gasteiger partial charge in [-0.2, -0.15) is 0 Å². The lowest BCUT2D eigenvalue weighted by Crippen LogP contribution is -2.44. The van der Waals surface area contributed by atoms with Crippen LogP contribution in [0.15, 0.2) is 12.1 Å². The standard InChI is InChI=1S/C20H32N4O2/c1-23(2)18-11-12-19(22-21-18)26-17-9-6-14-24(15-17)20(25)13-10-16-7-4-3-5-8-16/h11-12,16-17H,3-10,13-15H2,1-2H3. The van der Waals surface area contributed by atoms with Gasteiger partial charge < -0.3 is 14.5 Å². The average molecular weight is 361 g/mol. The number of rotatable bonds is 6. The maximum Gasteiger partial charge on any atom is 0.233 e. The second-order valence-electron chi connectivity index (χ2n) is 7.89. The smallest absolute Gasteiger partial charge is 0.233 e. The molecular weight excluding hydrogens is 328 g/mol. The second kappa shape index (κ2) is 9.19. The first kappa shape index (κ1) is 18.9. The van der Waals surface area contributed by atoms with E-state index in [9.17, 15) is 4.79 Å². The molecule has 0 bridgehead atoms. The maximum atomic E-state index is 12.6. The molecule has 1 saturated heterocycles. The van der Waals surface area contributed by atoms with E-state index in [1.54, 1.807) is 0 Å². The van der Waals surface area contributed by atoms with Crippen LogP contribution in [0.3, 0.4) is 0 Å². The molecule has 2 fully saturated rings. The van der Waals surface area contributed by atoms with Gasteiger partial charge in [-0.1, -0.05) is 32.1 Å². The highest BCUT2D eigenvalue weighted by Gasteiger charge is 2.26. The maximum absolute atomic E-state index is 12.6. The second-order valence-corrected chi connectivity index (χ2v) is 7.89. The summed E-state index contributed by atoms with van der Waals surface area (Å²) >= 11 is 0. The topological polar surface area (TPSA) is 58.6 Å². The number of carbonyl (C=O) groups is 1. The van der Waals surface area contributed by atoms with Gasteiger partial charge in [0.25, 0.3) is 0 Å². The summed E-state index contributed by atoms with van der Waals surface area (Å²) in [5.74, 6) is 2.39. The highest BCUT2D eigenvalue weighted by Crippen LogP contribution is 2.28. The predicted molar refractivity (Wildman–Crippen MR) is 102 cm³/mol. The molecule has 1 aliphatic heterocycles. The van der Waals surface area contributed by atoms with Gasteiger partial charge in [0.1, 0.15) is 6.10 Å². The number of hydrogen-bond donors (Lipinski definition) is 0. The lowest BCUT2D eigenvalue weighted by Gasteiger charge is -2.33. The van der Waals surface area contributed by atoms with Crippen LogP contribution in [-0.2, 0) is 4.79 Å². The van der Waals surface area contributed by atoms with E-state index in [-0.39, 0.29) is 12.0 Å². The zero-order chi connectivity index (χ0) is 18.4. The number of piperidine rings is 1. The zero-order valence-electron chi connectivity index (χ0n) is 16.2. The van der Waals surface area contributed by atoms with Crippen molar-refractivity contribution in [1.29, 1.82) is 0 Å². The van der Waals surface area contributed by atoms with Gasteiger partial charge in [-0.25, -0.2) is 0 Å². The molecule has 0 aromatic carbocycles. The summed E-state index contributed by atoms with van der Waals surface area (Å²) in [4.78, 5) is 16.5. The summed E-state index contributed by atoms with van der Waals surface area (Å²) in [5, 5.41) is 8.29. The molecule has 0 N–H and O–H groups in total. The number of likely N-dealkylation sites (tertiary alicyclic amines) is 1. The molecule has 26 heavy (non-hydrogen) atoms. The molecule has 1 aromatic rings. The van der Waals surface area contributed by atoms with Gasteiger partial charge in [0.2, 0.25) is 11.8 Å². The van der Waals surface area contributed by atoms with Crippen molar-refractivity contribution in [3.63, 3.8) is 0 Å². The Morgan fingerprint density at radius 3 is 2.65 bits per heavy atom. The largest absolute Gasteiger partial charge is 0.471 e. The fourth-order valence-corrected chi connectivity index (χ4v) is 4.01. The van der Waals surface area contributed by atoms with Crippen molar-refractivity contribution in [1.82, 2.24) is 15.1 Å². The Bertz CT molecular complexity index is 570. The van der Waals surface area contributed by atoms with Gasteiger partial charge in [-0.3, -0.25) is 4.79 Å². The van der Waals surface area contributed by atoms with Crippen molar-refractivity contribution in [3.8, 4) is 5.88 Å². The zero-order valence-corrected chi connectivity index (χ0v) is 16.2. The lowest BCUT2D eigenvalue weighted by atomic mass is 9.86. The van der Waals surface area contributed by atoms with Crippen LogP contribution in [0.1, 0.15) is 57.8 Å². The number of aromatic nitrogens is 2. The number of ether oxygens (including phenoxy) is 1. The van der Waals surface area contributed by atoms with Crippen molar-refractivity contribution in [2.24, 2.45) is 5.92 Å². The summed E-state index contributed by atoms with van der Waals surface area (Å²) in [6, 6.07) is 3.75. The first-order valence-corrected chi connectivity index (χ1v) is 10.1. The molecule has 6 heteroatoms. The SMILES string of the molecule is CN(C)c1ccc(OC2CCCN(C(=O)CCC3CCCCC3)C2)nn1. The van der Waals surface area contributed by atoms with Gasteiger partial charge in [0, 0.05) is 33.1 Å². The lowest BCUT2D eigenvalue weighted by molar-refractivity contribution is -0.134. The number of carbonyl (C=O) groups excluding carboxylic acids is 1. The third-order valence-electron chi connectivity index (χ3n) is 5.59. The first-order valence-electron chi connectivity index (χ1n) is 10.1. The fraction of sp³-hybridized carbons (Fsp3) is 0.750. The average Bonchev–Trinajstić information content (AvgIpc) is 2.67. The van der Waals surface area contributed by atoms with Gasteiger partial charge in [0.15, 0.2) is 5.82 Å². The van der Waals surface area contributed by atoms with Crippen LogP contribution < -0.4 is 9.64 Å². The first-order chi connectivity index (χ1) is 12.6. The summed E-state index contributed by atoms with van der Waals surface area (Å²) in [5.41, 5.74) is 0. The monoisotopic (exact) mass is 360 g/mol. The van der Waals surface area contributed by atoms with Crippen LogP contribution in [0.25, 0.3) is 0 Å². The van der Waals surface area contributed by atoms with E-state index in [1.165, 1.54) is 32.1 Å². The Morgan fingerprint density at radius 1 is 1.15 bits per heavy atom. The molecular formula is C20H32N4O2. The summed E-state index contributed by atoms with van der Waals surface area (Å²) in [6.45, 7) is 1.52. The van der Waals surface area contributed by atoms with Crippen molar-refractivity contribution in [2.45, 2.75) is 63.9 Å². The van der Waals surface area contributed by atoms with E-state index >= 15 is 0 Å². The Labute approximate surface area is 156 Å². The molecule has 2 heterocycles. The van der Waals surface area contributed by atoms with Crippen LogP contribution >= 0.6 is 0 Å². The highest BCUT2D eigenvalue weighted by atomic mass is 16.5. The number of amides is 1. The molecule has 2 aliphatic rings. The van der Waals surface area contributed by atoms with Crippen molar-refractivity contribution < 1.29 is 9.53 Å². The molecule has 3 rings (SSSR count). The van der Waals surface area contributed by atoms with E-state index in [0.29, 0.717) is 18.8 Å². The van der Waals surface area contributed by atoms with Gasteiger partial charge in [-0.15, -0.1) is 10.2 Å². The molecule has 1 atom stereocenters. The Morgan fingerprint density at radius 2 is 1.96 bits per heavy atom. The minimum absolute atomic E-state index is 0.0156. The van der Waals surface area contributed by atoms with E-state index in [2.05, 4.69) is 10.2 Å². The molecule has 144 valence electrons. The van der Waals surface area contributed by atoms with Crippen molar-refractivity contribution in [2.75, 3.05) is 32.1 Å². The minimum atomic E-state index is 0.0156. The Kier molecular flexibility index (Phi) is 6.69. The summed E-state index contributed by atoms with van der Waals surface area (Å²) in [6.07, 6.45) is 10.4. The Balaban J connectivity index is 1.46. The van der Waals surface area contributed by atoms with Crippen LogP contribution in [0.2, 0.25) is 0 Å². The number of hydrogen-bond acceptors (Lipinski definition) is 5. The van der Waals surface area contributed by atoms with Crippen molar-refractivity contribution in [3.05, 3.63) is 12.1 Å². The van der Waals surface area contributed by atoms with E-state index < -0.39 is 0 Å². The molecule has 1 amide bonds. The van der Waals surface area contributed by atoms with Crippen LogP contribution in [-0.4, -0.2) is 54.3 Å². The van der Waals surface area contributed by atoms with Crippen LogP contribution in [0.5, 0.6) is 5.88 Å². The van der Waals surface area contributed by atoms with E-state index in [0.717, 1.165) is 37.5 Å². The highest BCUT2D eigenvalue weighted by molar-refractivity contribution is 5.76.